The first kappa shape index (κ1) is 15.9. The Morgan fingerprint density at radius 3 is 2.25 bits per heavy atom. The van der Waals surface area contributed by atoms with Crippen molar-refractivity contribution in [1.82, 2.24) is 0 Å². The molecule has 2 unspecified atom stereocenters. The number of carbonyl (C=O) groups excluding carboxylic acids is 2. The van der Waals surface area contributed by atoms with Gasteiger partial charge in [-0.15, -0.1) is 11.6 Å². The van der Waals surface area contributed by atoms with Crippen molar-refractivity contribution in [2.24, 2.45) is 17.3 Å². The van der Waals surface area contributed by atoms with Gasteiger partial charge in [0, 0.05) is 4.87 Å². The van der Waals surface area contributed by atoms with Gasteiger partial charge < -0.3 is 9.47 Å². The van der Waals surface area contributed by atoms with Crippen LogP contribution in [0.3, 0.4) is 0 Å². The largest absolute Gasteiger partial charge is 0.465 e. The van der Waals surface area contributed by atoms with E-state index in [9.17, 15) is 9.59 Å². The molecule has 0 spiro atoms. The average Bonchev–Trinajstić information content (AvgIpc) is 2.52. The molecule has 0 heterocycles. The van der Waals surface area contributed by atoms with E-state index in [1.807, 2.05) is 0 Å². The number of hydrogen-bond acceptors (Lipinski definition) is 4. The predicted octanol–water partition coefficient (Wildman–Crippen LogP) is 3.96. The second-order valence-electron chi connectivity index (χ2n) is 7.80. The van der Waals surface area contributed by atoms with Crippen molar-refractivity contribution < 1.29 is 19.1 Å². The molecule has 4 aliphatic carbocycles. The molecule has 1 aromatic carbocycles. The number of hydrogen-bond donors (Lipinski definition) is 0. The lowest BCUT2D eigenvalue weighted by Gasteiger charge is -2.58. The van der Waals surface area contributed by atoms with E-state index in [4.69, 9.17) is 16.3 Å². The van der Waals surface area contributed by atoms with Crippen LogP contribution in [-0.4, -0.2) is 23.9 Å². The SMILES string of the molecule is COC(=O)c1ccc(OC(=O)C23CC4CC(CC(Cl)(C4)C2)C3)cc1. The Balaban J connectivity index is 1.51. The van der Waals surface area contributed by atoms with Crippen LogP contribution in [0.25, 0.3) is 0 Å². The maximum Gasteiger partial charge on any atom is 0.337 e. The highest BCUT2D eigenvalue weighted by Crippen LogP contribution is 2.64. The van der Waals surface area contributed by atoms with E-state index in [0.717, 1.165) is 32.1 Å². The van der Waals surface area contributed by atoms with Crippen LogP contribution in [0.5, 0.6) is 5.75 Å². The first-order valence-corrected chi connectivity index (χ1v) is 8.89. The minimum Gasteiger partial charge on any atom is -0.465 e. The summed E-state index contributed by atoms with van der Waals surface area (Å²) in [6.45, 7) is 0. The Kier molecular flexibility index (Phi) is 3.64. The molecule has 0 radical (unpaired) electrons. The van der Waals surface area contributed by atoms with Gasteiger partial charge in [0.2, 0.25) is 0 Å². The summed E-state index contributed by atoms with van der Waals surface area (Å²) in [6, 6.07) is 6.50. The third kappa shape index (κ3) is 2.61. The third-order valence-electron chi connectivity index (χ3n) is 5.91. The maximum atomic E-state index is 12.9. The van der Waals surface area contributed by atoms with Gasteiger partial charge in [0.05, 0.1) is 18.1 Å². The Morgan fingerprint density at radius 2 is 1.71 bits per heavy atom. The van der Waals surface area contributed by atoms with Crippen LogP contribution < -0.4 is 4.74 Å². The van der Waals surface area contributed by atoms with Crippen LogP contribution >= 0.6 is 11.6 Å². The van der Waals surface area contributed by atoms with Crippen molar-refractivity contribution >= 4 is 23.5 Å². The number of esters is 2. The molecule has 0 amide bonds. The summed E-state index contributed by atoms with van der Waals surface area (Å²) in [5, 5.41) is 0. The Bertz CT molecular complexity index is 667. The third-order valence-corrected chi connectivity index (χ3v) is 6.35. The van der Waals surface area contributed by atoms with E-state index in [0.29, 0.717) is 23.1 Å². The van der Waals surface area contributed by atoms with Crippen LogP contribution in [0, 0.1) is 17.3 Å². The predicted molar refractivity (Wildman–Crippen MR) is 89.1 cm³/mol. The summed E-state index contributed by atoms with van der Waals surface area (Å²) in [5.74, 6) is 1.01. The van der Waals surface area contributed by atoms with Crippen LogP contribution in [0.15, 0.2) is 24.3 Å². The fourth-order valence-electron chi connectivity index (χ4n) is 5.38. The van der Waals surface area contributed by atoms with Gasteiger partial charge in [-0.2, -0.15) is 0 Å². The molecule has 5 rings (SSSR count). The molecule has 0 N–H and O–H groups in total. The monoisotopic (exact) mass is 348 g/mol. The molecular formula is C19H21ClO4. The van der Waals surface area contributed by atoms with Gasteiger partial charge >= 0.3 is 11.9 Å². The molecular weight excluding hydrogens is 328 g/mol. The number of rotatable bonds is 3. The lowest BCUT2D eigenvalue weighted by atomic mass is 9.49. The highest BCUT2D eigenvalue weighted by molar-refractivity contribution is 6.24. The molecule has 4 bridgehead atoms. The minimum absolute atomic E-state index is 0.160. The first-order chi connectivity index (χ1) is 11.4. The van der Waals surface area contributed by atoms with E-state index in [1.54, 1.807) is 24.3 Å². The van der Waals surface area contributed by atoms with Crippen LogP contribution in [0.2, 0.25) is 0 Å². The zero-order valence-corrected chi connectivity index (χ0v) is 14.5. The molecule has 1 aromatic rings. The molecule has 2 atom stereocenters. The molecule has 0 saturated heterocycles. The van der Waals surface area contributed by atoms with Gasteiger partial charge in [-0.3, -0.25) is 4.79 Å². The maximum absolute atomic E-state index is 12.9. The van der Waals surface area contributed by atoms with E-state index >= 15 is 0 Å². The van der Waals surface area contributed by atoms with Crippen molar-refractivity contribution in [3.63, 3.8) is 0 Å². The van der Waals surface area contributed by atoms with Crippen molar-refractivity contribution in [2.45, 2.75) is 43.4 Å². The van der Waals surface area contributed by atoms with Crippen molar-refractivity contribution in [3.8, 4) is 5.75 Å². The normalized spacial score (nSPS) is 36.4. The standard InChI is InChI=1S/C19H21ClO4/c1-23-16(21)14-2-4-15(5-3-14)24-17(22)18-7-12-6-13(8-18)10-19(20,9-12)11-18/h2-5,12-13H,6-11H2,1H3. The van der Waals surface area contributed by atoms with Crippen molar-refractivity contribution in [3.05, 3.63) is 29.8 Å². The fraction of sp³-hybridized carbons (Fsp3) is 0.579. The number of halogens is 1. The van der Waals surface area contributed by atoms with Gasteiger partial charge in [0.1, 0.15) is 5.75 Å². The smallest absolute Gasteiger partial charge is 0.337 e. The Morgan fingerprint density at radius 1 is 1.08 bits per heavy atom. The Hall–Kier alpha value is -1.55. The van der Waals surface area contributed by atoms with Crippen molar-refractivity contribution in [1.29, 1.82) is 0 Å². The number of alkyl halides is 1. The summed E-state index contributed by atoms with van der Waals surface area (Å²) < 4.78 is 10.3. The van der Waals surface area contributed by atoms with Gasteiger partial charge in [-0.05, 0) is 74.6 Å². The number of benzene rings is 1. The molecule has 128 valence electrons. The average molecular weight is 349 g/mol. The molecule has 4 nitrogen and oxygen atoms in total. The second-order valence-corrected chi connectivity index (χ2v) is 8.60. The topological polar surface area (TPSA) is 52.6 Å². The number of carbonyl (C=O) groups is 2. The number of ether oxygens (including phenoxy) is 2. The summed E-state index contributed by atoms with van der Waals surface area (Å²) in [4.78, 5) is 24.2. The fourth-order valence-corrected chi connectivity index (χ4v) is 6.07. The summed E-state index contributed by atoms with van der Waals surface area (Å²) in [6.07, 6.45) is 5.81. The van der Waals surface area contributed by atoms with Crippen molar-refractivity contribution in [2.75, 3.05) is 7.11 Å². The minimum atomic E-state index is -0.424. The van der Waals surface area contributed by atoms with E-state index in [1.165, 1.54) is 13.5 Å². The van der Waals surface area contributed by atoms with E-state index < -0.39 is 11.4 Å². The summed E-state index contributed by atoms with van der Waals surface area (Å²) in [7, 11) is 1.34. The summed E-state index contributed by atoms with van der Waals surface area (Å²) in [5.41, 5.74) is 0.0131. The summed E-state index contributed by atoms with van der Waals surface area (Å²) >= 11 is 6.78. The highest BCUT2D eigenvalue weighted by atomic mass is 35.5. The zero-order chi connectivity index (χ0) is 16.9. The zero-order valence-electron chi connectivity index (χ0n) is 13.7. The molecule has 0 aliphatic heterocycles. The molecule has 5 heteroatoms. The molecule has 4 saturated carbocycles. The van der Waals surface area contributed by atoms with Crippen LogP contribution in [-0.2, 0) is 9.53 Å². The highest BCUT2D eigenvalue weighted by Gasteiger charge is 2.60. The van der Waals surface area contributed by atoms with Gasteiger partial charge in [0.15, 0.2) is 0 Å². The van der Waals surface area contributed by atoms with E-state index in [2.05, 4.69) is 4.74 Å². The quantitative estimate of drug-likeness (QED) is 0.471. The molecule has 24 heavy (non-hydrogen) atoms. The molecule has 4 fully saturated rings. The lowest BCUT2D eigenvalue weighted by molar-refractivity contribution is -0.160. The second kappa shape index (κ2) is 5.48. The van der Waals surface area contributed by atoms with Gasteiger partial charge in [-0.25, -0.2) is 4.79 Å². The van der Waals surface area contributed by atoms with Crippen LogP contribution in [0.4, 0.5) is 0 Å². The number of methoxy groups -OCH3 is 1. The van der Waals surface area contributed by atoms with E-state index in [-0.39, 0.29) is 10.8 Å². The lowest BCUT2D eigenvalue weighted by Crippen LogP contribution is -2.56. The van der Waals surface area contributed by atoms with Crippen LogP contribution in [0.1, 0.15) is 48.9 Å². The van der Waals surface area contributed by atoms with Gasteiger partial charge in [0.25, 0.3) is 0 Å². The van der Waals surface area contributed by atoms with Gasteiger partial charge in [-0.1, -0.05) is 0 Å². The molecule has 4 aliphatic rings. The molecule has 0 aromatic heterocycles. The Labute approximate surface area is 146 Å². The first-order valence-electron chi connectivity index (χ1n) is 8.51.